The molecule has 1 saturated heterocycles. The zero-order valence-electron chi connectivity index (χ0n) is 9.41. The van der Waals surface area contributed by atoms with Crippen molar-refractivity contribution in [2.75, 3.05) is 18.9 Å². The number of halogens is 1. The fourth-order valence-corrected chi connectivity index (χ4v) is 2.23. The average molecular weight is 299 g/mol. The Morgan fingerprint density at radius 2 is 2.41 bits per heavy atom. The maximum atomic E-state index is 11.9. The fraction of sp³-hybridized carbons (Fsp3) is 0.417. The highest BCUT2D eigenvalue weighted by molar-refractivity contribution is 9.10. The number of ether oxygens (including phenoxy) is 1. The van der Waals surface area contributed by atoms with Crippen molar-refractivity contribution in [3.8, 4) is 0 Å². The van der Waals surface area contributed by atoms with Crippen LogP contribution in [0.25, 0.3) is 0 Å². The van der Waals surface area contributed by atoms with Crippen LogP contribution < -0.4 is 11.1 Å². The highest BCUT2D eigenvalue weighted by Gasteiger charge is 2.17. The molecule has 0 saturated carbocycles. The molecule has 1 atom stereocenters. The van der Waals surface area contributed by atoms with Crippen LogP contribution in [0.4, 0.5) is 5.69 Å². The number of rotatable bonds is 3. The van der Waals surface area contributed by atoms with Crippen LogP contribution in [-0.2, 0) is 4.74 Å². The number of amides is 1. The summed E-state index contributed by atoms with van der Waals surface area (Å²) < 4.78 is 6.30. The molecule has 1 aliphatic heterocycles. The van der Waals surface area contributed by atoms with Gasteiger partial charge in [-0.2, -0.15) is 0 Å². The van der Waals surface area contributed by atoms with Gasteiger partial charge in [-0.15, -0.1) is 0 Å². The standard InChI is InChI=1S/C12H15BrN2O2/c13-8-3-4-10(11(14)6-8)12(16)15-7-9-2-1-5-17-9/h3-4,6,9H,1-2,5,7,14H2,(H,15,16)/t9-/m1/s1. The number of nitrogen functional groups attached to an aromatic ring is 1. The molecule has 5 heteroatoms. The molecule has 0 bridgehead atoms. The first kappa shape index (κ1) is 12.4. The van der Waals surface area contributed by atoms with E-state index in [-0.39, 0.29) is 12.0 Å². The van der Waals surface area contributed by atoms with E-state index in [1.165, 1.54) is 0 Å². The Bertz CT molecular complexity index is 417. The van der Waals surface area contributed by atoms with Crippen molar-refractivity contribution >= 4 is 27.5 Å². The van der Waals surface area contributed by atoms with Crippen LogP contribution in [0.5, 0.6) is 0 Å². The molecule has 0 unspecified atom stereocenters. The van der Waals surface area contributed by atoms with Gasteiger partial charge in [-0.3, -0.25) is 4.79 Å². The van der Waals surface area contributed by atoms with Gasteiger partial charge in [0.2, 0.25) is 0 Å². The third-order valence-electron chi connectivity index (χ3n) is 2.77. The first-order chi connectivity index (χ1) is 8.16. The van der Waals surface area contributed by atoms with Crippen molar-refractivity contribution < 1.29 is 9.53 Å². The smallest absolute Gasteiger partial charge is 0.253 e. The van der Waals surface area contributed by atoms with Crippen LogP contribution in [0.15, 0.2) is 22.7 Å². The van der Waals surface area contributed by atoms with E-state index in [4.69, 9.17) is 10.5 Å². The van der Waals surface area contributed by atoms with Gasteiger partial charge in [0.05, 0.1) is 11.7 Å². The van der Waals surface area contributed by atoms with Crippen LogP contribution in [0.3, 0.4) is 0 Å². The summed E-state index contributed by atoms with van der Waals surface area (Å²) >= 11 is 3.31. The minimum absolute atomic E-state index is 0.148. The summed E-state index contributed by atoms with van der Waals surface area (Å²) in [4.78, 5) is 11.9. The lowest BCUT2D eigenvalue weighted by Crippen LogP contribution is -2.32. The number of benzene rings is 1. The third-order valence-corrected chi connectivity index (χ3v) is 3.27. The Morgan fingerprint density at radius 1 is 1.59 bits per heavy atom. The normalized spacial score (nSPS) is 19.2. The highest BCUT2D eigenvalue weighted by Crippen LogP contribution is 2.18. The van der Waals surface area contributed by atoms with Crippen LogP contribution in [-0.4, -0.2) is 25.2 Å². The monoisotopic (exact) mass is 298 g/mol. The number of nitrogens with one attached hydrogen (secondary N) is 1. The zero-order chi connectivity index (χ0) is 12.3. The van der Waals surface area contributed by atoms with E-state index in [1.807, 2.05) is 0 Å². The minimum atomic E-state index is -0.148. The van der Waals surface area contributed by atoms with Crippen molar-refractivity contribution in [2.24, 2.45) is 0 Å². The molecule has 1 heterocycles. The van der Waals surface area contributed by atoms with Gasteiger partial charge in [0.25, 0.3) is 5.91 Å². The summed E-state index contributed by atoms with van der Waals surface area (Å²) in [6.45, 7) is 1.34. The molecule has 0 aliphatic carbocycles. The molecule has 4 nitrogen and oxygen atoms in total. The summed E-state index contributed by atoms with van der Waals surface area (Å²) in [7, 11) is 0. The highest BCUT2D eigenvalue weighted by atomic mass is 79.9. The molecule has 1 amide bonds. The van der Waals surface area contributed by atoms with Gasteiger partial charge in [0, 0.05) is 23.3 Å². The van der Waals surface area contributed by atoms with E-state index in [0.29, 0.717) is 17.8 Å². The van der Waals surface area contributed by atoms with Crippen molar-refractivity contribution in [3.05, 3.63) is 28.2 Å². The summed E-state index contributed by atoms with van der Waals surface area (Å²) in [6, 6.07) is 5.24. The second-order valence-corrected chi connectivity index (χ2v) is 4.99. The Balaban J connectivity index is 1.94. The molecular formula is C12H15BrN2O2. The second kappa shape index (κ2) is 5.51. The van der Waals surface area contributed by atoms with Gasteiger partial charge in [-0.25, -0.2) is 0 Å². The second-order valence-electron chi connectivity index (χ2n) is 4.08. The van der Waals surface area contributed by atoms with Gasteiger partial charge in [0.1, 0.15) is 0 Å². The zero-order valence-corrected chi connectivity index (χ0v) is 11.0. The number of hydrogen-bond acceptors (Lipinski definition) is 3. The van der Waals surface area contributed by atoms with Crippen LogP contribution in [0, 0.1) is 0 Å². The molecule has 0 aromatic heterocycles. The SMILES string of the molecule is Nc1cc(Br)ccc1C(=O)NC[C@H]1CCCO1. The van der Waals surface area contributed by atoms with E-state index >= 15 is 0 Å². The Labute approximate surface area is 109 Å². The molecule has 1 aromatic carbocycles. The number of anilines is 1. The Hall–Kier alpha value is -1.07. The maximum absolute atomic E-state index is 11.9. The molecule has 1 aromatic rings. The molecule has 3 N–H and O–H groups in total. The quantitative estimate of drug-likeness (QED) is 0.838. The minimum Gasteiger partial charge on any atom is -0.398 e. The van der Waals surface area contributed by atoms with Gasteiger partial charge < -0.3 is 15.8 Å². The van der Waals surface area contributed by atoms with Crippen molar-refractivity contribution in [2.45, 2.75) is 18.9 Å². The largest absolute Gasteiger partial charge is 0.398 e. The lowest BCUT2D eigenvalue weighted by Gasteiger charge is -2.11. The summed E-state index contributed by atoms with van der Waals surface area (Å²) in [6.07, 6.45) is 2.23. The number of hydrogen-bond donors (Lipinski definition) is 2. The van der Waals surface area contributed by atoms with E-state index in [9.17, 15) is 4.79 Å². The summed E-state index contributed by atoms with van der Waals surface area (Å²) in [5, 5.41) is 2.84. The fourth-order valence-electron chi connectivity index (χ4n) is 1.85. The molecule has 2 rings (SSSR count). The van der Waals surface area contributed by atoms with Gasteiger partial charge >= 0.3 is 0 Å². The molecule has 17 heavy (non-hydrogen) atoms. The molecule has 0 spiro atoms. The number of nitrogens with two attached hydrogens (primary N) is 1. The van der Waals surface area contributed by atoms with E-state index in [0.717, 1.165) is 23.9 Å². The van der Waals surface area contributed by atoms with Crippen LogP contribution in [0.2, 0.25) is 0 Å². The lowest BCUT2D eigenvalue weighted by atomic mass is 10.1. The number of carbonyl (C=O) groups excluding carboxylic acids is 1. The van der Waals surface area contributed by atoms with E-state index < -0.39 is 0 Å². The average Bonchev–Trinajstić information content (AvgIpc) is 2.78. The van der Waals surface area contributed by atoms with E-state index in [2.05, 4.69) is 21.2 Å². The molecule has 1 aliphatic rings. The maximum Gasteiger partial charge on any atom is 0.253 e. The molecular weight excluding hydrogens is 284 g/mol. The first-order valence-electron chi connectivity index (χ1n) is 5.61. The van der Waals surface area contributed by atoms with Crippen molar-refractivity contribution in [3.63, 3.8) is 0 Å². The summed E-state index contributed by atoms with van der Waals surface area (Å²) in [5.74, 6) is -0.148. The Kier molecular flexibility index (Phi) is 4.02. The van der Waals surface area contributed by atoms with Gasteiger partial charge in [0.15, 0.2) is 0 Å². The predicted octanol–water partition coefficient (Wildman–Crippen LogP) is 1.94. The van der Waals surface area contributed by atoms with Gasteiger partial charge in [-0.05, 0) is 31.0 Å². The van der Waals surface area contributed by atoms with Gasteiger partial charge in [-0.1, -0.05) is 15.9 Å². The van der Waals surface area contributed by atoms with Crippen LogP contribution in [0.1, 0.15) is 23.2 Å². The lowest BCUT2D eigenvalue weighted by molar-refractivity contribution is 0.0858. The predicted molar refractivity (Wildman–Crippen MR) is 69.9 cm³/mol. The van der Waals surface area contributed by atoms with Crippen molar-refractivity contribution in [1.82, 2.24) is 5.32 Å². The molecule has 1 fully saturated rings. The summed E-state index contributed by atoms with van der Waals surface area (Å²) in [5.41, 5.74) is 6.77. The first-order valence-corrected chi connectivity index (χ1v) is 6.41. The van der Waals surface area contributed by atoms with Crippen LogP contribution >= 0.6 is 15.9 Å². The topological polar surface area (TPSA) is 64.4 Å². The third kappa shape index (κ3) is 3.20. The van der Waals surface area contributed by atoms with Crippen molar-refractivity contribution in [1.29, 1.82) is 0 Å². The molecule has 0 radical (unpaired) electrons. The number of carbonyl (C=O) groups is 1. The Morgan fingerprint density at radius 3 is 3.06 bits per heavy atom. The van der Waals surface area contributed by atoms with E-state index in [1.54, 1.807) is 18.2 Å². The molecule has 92 valence electrons.